The molecule has 3 heterocycles. The maximum atomic E-state index is 6.66. The van der Waals surface area contributed by atoms with Crippen LogP contribution in [0.3, 0.4) is 0 Å². The highest BCUT2D eigenvalue weighted by Gasteiger charge is 2.27. The van der Waals surface area contributed by atoms with Crippen LogP contribution >= 0.6 is 0 Å². The van der Waals surface area contributed by atoms with Crippen LogP contribution in [0.4, 0.5) is 0 Å². The summed E-state index contributed by atoms with van der Waals surface area (Å²) >= 11 is 0. The first kappa shape index (κ1) is 85.9. The summed E-state index contributed by atoms with van der Waals surface area (Å²) in [7, 11) is 0. The molecule has 0 N–H and O–H groups in total. The summed E-state index contributed by atoms with van der Waals surface area (Å²) in [6.45, 7) is 0. The van der Waals surface area contributed by atoms with Crippen molar-refractivity contribution in [2.24, 2.45) is 0 Å². The van der Waals surface area contributed by atoms with Gasteiger partial charge in [-0.15, -0.1) is 0 Å². The van der Waals surface area contributed by atoms with Crippen LogP contribution in [0.25, 0.3) is 317 Å². The van der Waals surface area contributed by atoms with Crippen LogP contribution < -0.4 is 0 Å². The molecule has 3 heteroatoms. The van der Waals surface area contributed by atoms with Gasteiger partial charge in [-0.25, -0.2) is 0 Å². The largest absolute Gasteiger partial charge is 0.455 e. The summed E-state index contributed by atoms with van der Waals surface area (Å²) in [4.78, 5) is 0. The van der Waals surface area contributed by atoms with Gasteiger partial charge in [0, 0.05) is 48.8 Å². The normalized spacial score (nSPS) is 11.8. The minimum absolute atomic E-state index is 0. The molecule has 0 aliphatic carbocycles. The SMILES string of the molecule is C.C.c1ccc(-c2ccc3ccc4c(-c5ccccc5)cc(-c5cccc6oc7c8ccccc8ccc7c56)c5ccc2c3c45)cc1.c1ccc2c(-c3ccc(-c4ccc5ccc6c(-c7ccc(-c8cccc9ccccc89)cc7)ccc7ccc4c5c76)cc3)cccc2c1.c1ccc2cc(-c3cc(-c4cccc5c4oc4ccccc45)c4ccc5ccc(-c6cccc7c6oc6ccccc67)c6ccc3c4c56)ccc2c1. The monoisotopic (exact) mass is 1870 g/mol. The molecule has 3 nitrogen and oxygen atoms in total. The van der Waals surface area contributed by atoms with E-state index in [1.807, 2.05) is 12.1 Å². The van der Waals surface area contributed by atoms with Gasteiger partial charge in [0.15, 0.2) is 0 Å². The molecule has 0 saturated carbocycles. The second kappa shape index (κ2) is 34.4. The number of furan rings is 3. The van der Waals surface area contributed by atoms with Crippen molar-refractivity contribution < 1.29 is 13.3 Å². The first-order valence-corrected chi connectivity index (χ1v) is 50.0. The highest BCUT2D eigenvalue weighted by atomic mass is 16.3. The van der Waals surface area contributed by atoms with E-state index in [9.17, 15) is 0 Å². The molecule has 32 aromatic rings. The van der Waals surface area contributed by atoms with Crippen LogP contribution in [0.5, 0.6) is 0 Å². The first-order chi connectivity index (χ1) is 71.9. The van der Waals surface area contributed by atoms with Crippen LogP contribution in [0, 0.1) is 0 Å². The van der Waals surface area contributed by atoms with Crippen molar-refractivity contribution in [3.63, 3.8) is 0 Å². The van der Waals surface area contributed by atoms with E-state index >= 15 is 0 Å². The summed E-state index contributed by atoms with van der Waals surface area (Å²) in [6, 6.07) is 186. The lowest BCUT2D eigenvalue weighted by molar-refractivity contribution is 0.669. The van der Waals surface area contributed by atoms with Gasteiger partial charge in [-0.3, -0.25) is 0 Å². The van der Waals surface area contributed by atoms with Gasteiger partial charge in [0.2, 0.25) is 0 Å². The fourth-order valence-corrected chi connectivity index (χ4v) is 24.4. The number of hydrogen-bond donors (Lipinski definition) is 0. The predicted octanol–water partition coefficient (Wildman–Crippen LogP) is 42.0. The van der Waals surface area contributed by atoms with Gasteiger partial charge in [-0.05, 0) is 277 Å². The summed E-state index contributed by atoms with van der Waals surface area (Å²) < 4.78 is 19.9. The van der Waals surface area contributed by atoms with Crippen molar-refractivity contribution in [2.45, 2.75) is 14.9 Å². The van der Waals surface area contributed by atoms with Crippen LogP contribution in [-0.2, 0) is 0 Å². The van der Waals surface area contributed by atoms with Crippen molar-refractivity contribution in [1.82, 2.24) is 0 Å². The minimum atomic E-state index is 0. The molecule has 32 rings (SSSR count). The van der Waals surface area contributed by atoms with Crippen molar-refractivity contribution in [3.8, 4) is 111 Å². The maximum Gasteiger partial charge on any atom is 0.143 e. The zero-order chi connectivity index (χ0) is 95.0. The second-order valence-corrected chi connectivity index (χ2v) is 38.8. The van der Waals surface area contributed by atoms with Crippen molar-refractivity contribution in [1.29, 1.82) is 0 Å². The van der Waals surface area contributed by atoms with Crippen molar-refractivity contribution in [3.05, 3.63) is 510 Å². The topological polar surface area (TPSA) is 39.4 Å². The Kier molecular flexibility index (Phi) is 20.1. The lowest BCUT2D eigenvalue weighted by Gasteiger charge is -2.20. The Morgan fingerprint density at radius 3 is 0.871 bits per heavy atom. The highest BCUT2D eigenvalue weighted by Crippen LogP contribution is 2.54. The van der Waals surface area contributed by atoms with Crippen LogP contribution in [0.1, 0.15) is 14.9 Å². The Labute approximate surface area is 848 Å². The van der Waals surface area contributed by atoms with Gasteiger partial charge in [0.1, 0.15) is 33.5 Å². The van der Waals surface area contributed by atoms with Crippen molar-refractivity contribution >= 4 is 206 Å². The van der Waals surface area contributed by atoms with Crippen molar-refractivity contribution in [2.75, 3.05) is 0 Å². The summed E-state index contributed by atoms with van der Waals surface area (Å²) in [5.74, 6) is 0. The van der Waals surface area contributed by atoms with Gasteiger partial charge < -0.3 is 13.3 Å². The Morgan fingerprint density at radius 1 is 0.102 bits per heavy atom. The quantitative estimate of drug-likeness (QED) is 0.128. The summed E-state index contributed by atoms with van der Waals surface area (Å²) in [5, 5.41) is 39.7. The molecular formula is C144H92O3. The average Bonchev–Trinajstić information content (AvgIpc) is 1.66. The molecule has 0 radical (unpaired) electrons. The summed E-state index contributed by atoms with van der Waals surface area (Å²) in [5.41, 5.74) is 29.9. The molecule has 0 fully saturated rings. The van der Waals surface area contributed by atoms with E-state index in [4.69, 9.17) is 13.3 Å². The van der Waals surface area contributed by atoms with E-state index < -0.39 is 0 Å². The third kappa shape index (κ3) is 13.7. The third-order valence-electron chi connectivity index (χ3n) is 31.1. The predicted molar refractivity (Wildman–Crippen MR) is 630 cm³/mol. The number of hydrogen-bond acceptors (Lipinski definition) is 3. The fourth-order valence-electron chi connectivity index (χ4n) is 24.4. The van der Waals surface area contributed by atoms with Gasteiger partial charge >= 0.3 is 0 Å². The smallest absolute Gasteiger partial charge is 0.143 e. The van der Waals surface area contributed by atoms with Crippen LogP contribution in [0.2, 0.25) is 0 Å². The molecule has 0 atom stereocenters. The number of benzene rings is 29. The molecule has 0 amide bonds. The molecule has 0 unspecified atom stereocenters. The molecule has 0 aliphatic heterocycles. The maximum absolute atomic E-state index is 6.66. The standard InChI is InChI=1S/C50H28O2.C48H30.C44H26O.2CH4/c1-2-10-31-27-32(20-19-29(31)9-1)43-28-44(42-16-8-15-41-35-12-4-6-18-46(35)52-50(41)42)38-24-22-30-21-23-33(36-25-26-37(43)48(38)47(30)36)39-13-7-14-40-34-11-3-5-17-45(34)51-49(39)40;1-3-11-39-31(7-1)9-5-13-41(39)33-15-19-35(20-16-33)43-27-23-37-26-30-46-44(28-24-38-25-29-45(43)47(37)48(38)46)36-21-17-34(18-22-36)42-14-6-10-32-8-2-4-12-40(32)42;1-3-10-27(11-4-1)31-21-19-30-20-22-35-38(28-12-5-2-6-13-28)26-39(36-25-24-34(31)41(30)43(35)36)33-16-9-17-40-42(33)37-23-18-29-14-7-8-15-32(29)44(37)45-40;;/h1-28H;1-30H;1-26H;2*1H4. The lowest BCUT2D eigenvalue weighted by atomic mass is 9.83. The van der Waals surface area contributed by atoms with E-state index in [0.29, 0.717) is 0 Å². The van der Waals surface area contributed by atoms with E-state index in [0.717, 1.165) is 82.3 Å². The molecule has 686 valence electrons. The zero-order valence-electron chi connectivity index (χ0n) is 78.7. The van der Waals surface area contributed by atoms with Gasteiger partial charge in [0.25, 0.3) is 0 Å². The van der Waals surface area contributed by atoms with E-state index in [-0.39, 0.29) is 14.9 Å². The second-order valence-electron chi connectivity index (χ2n) is 38.8. The molecule has 3 aromatic heterocycles. The number of fused-ring (bicyclic) bond motifs is 14. The highest BCUT2D eigenvalue weighted by molar-refractivity contribution is 6.35. The van der Waals surface area contributed by atoms with E-state index in [1.165, 1.54) is 235 Å². The number of rotatable bonds is 10. The fraction of sp³-hybridized carbons (Fsp3) is 0.0139. The third-order valence-corrected chi connectivity index (χ3v) is 31.1. The number of para-hydroxylation sites is 4. The first-order valence-electron chi connectivity index (χ1n) is 50.0. The van der Waals surface area contributed by atoms with Gasteiger partial charge in [-0.1, -0.05) is 482 Å². The minimum Gasteiger partial charge on any atom is -0.455 e. The Hall–Kier alpha value is -19.1. The van der Waals surface area contributed by atoms with E-state index in [1.54, 1.807) is 0 Å². The summed E-state index contributed by atoms with van der Waals surface area (Å²) in [6.07, 6.45) is 0. The van der Waals surface area contributed by atoms with Crippen LogP contribution in [-0.4, -0.2) is 0 Å². The zero-order valence-corrected chi connectivity index (χ0v) is 78.7. The lowest BCUT2D eigenvalue weighted by Crippen LogP contribution is -1.93. The van der Waals surface area contributed by atoms with Crippen LogP contribution in [0.15, 0.2) is 523 Å². The molecule has 0 bridgehead atoms. The van der Waals surface area contributed by atoms with Gasteiger partial charge in [-0.2, -0.15) is 0 Å². The Balaban J connectivity index is 0.000000106. The van der Waals surface area contributed by atoms with Gasteiger partial charge in [0.05, 0.1) is 0 Å². The van der Waals surface area contributed by atoms with E-state index in [2.05, 4.69) is 497 Å². The average molecular weight is 1870 g/mol. The molecule has 0 spiro atoms. The Bertz CT molecular complexity index is 10700. The molecule has 0 saturated heterocycles. The molecular weight excluding hydrogens is 1780 g/mol. The molecule has 147 heavy (non-hydrogen) atoms. The molecule has 0 aliphatic rings. The molecule has 29 aromatic carbocycles. The Morgan fingerprint density at radius 2 is 0.374 bits per heavy atom.